The molecule has 0 heterocycles. The summed E-state index contributed by atoms with van der Waals surface area (Å²) in [6.07, 6.45) is 7.20. The Balaban J connectivity index is 3.38. The fraction of sp³-hybridized carbons (Fsp3) is 0.739. The number of ether oxygens (including phenoxy) is 4. The Hall–Kier alpha value is -1.66. The van der Waals surface area contributed by atoms with Crippen molar-refractivity contribution in [2.75, 3.05) is 39.6 Å². The Labute approximate surface area is 176 Å². The van der Waals surface area contributed by atoms with Crippen LogP contribution < -0.4 is 0 Å². The van der Waals surface area contributed by atoms with Gasteiger partial charge in [-0.1, -0.05) is 37.1 Å². The van der Waals surface area contributed by atoms with E-state index in [2.05, 4.69) is 13.2 Å². The summed E-state index contributed by atoms with van der Waals surface area (Å²) in [5.41, 5.74) is 2.05. The van der Waals surface area contributed by atoms with Crippen LogP contribution >= 0.6 is 0 Å². The average Bonchev–Trinajstić information content (AvgIpc) is 2.64. The fourth-order valence-electron chi connectivity index (χ4n) is 2.40. The second kappa shape index (κ2) is 19.6. The Kier molecular flexibility index (Phi) is 18.5. The maximum Gasteiger partial charge on any atom is 0.317 e. The van der Waals surface area contributed by atoms with Gasteiger partial charge in [0.15, 0.2) is 0 Å². The molecule has 0 fully saturated rings. The molecule has 0 N–H and O–H groups in total. The molecule has 0 atom stereocenters. The molecule has 0 saturated heterocycles. The maximum atomic E-state index is 11.6. The van der Waals surface area contributed by atoms with Crippen molar-refractivity contribution >= 4 is 11.9 Å². The first-order valence-electron chi connectivity index (χ1n) is 10.7. The average molecular weight is 413 g/mol. The van der Waals surface area contributed by atoms with Gasteiger partial charge in [-0.05, 0) is 52.4 Å². The molecule has 0 aliphatic carbocycles. The number of carbonyl (C=O) groups excluding carboxylic acids is 2. The summed E-state index contributed by atoms with van der Waals surface area (Å²) in [4.78, 5) is 23.2. The van der Waals surface area contributed by atoms with Crippen LogP contribution in [0.5, 0.6) is 0 Å². The molecule has 0 radical (unpaired) electrons. The fourth-order valence-corrected chi connectivity index (χ4v) is 2.40. The summed E-state index contributed by atoms with van der Waals surface area (Å²) < 4.78 is 21.0. The third kappa shape index (κ3) is 22.5. The van der Waals surface area contributed by atoms with E-state index >= 15 is 0 Å². The third-order valence-electron chi connectivity index (χ3n) is 3.88. The summed E-state index contributed by atoms with van der Waals surface area (Å²) >= 11 is 0. The molecule has 0 rings (SSSR count). The Morgan fingerprint density at radius 1 is 0.586 bits per heavy atom. The molecule has 6 nitrogen and oxygen atoms in total. The van der Waals surface area contributed by atoms with Crippen molar-refractivity contribution < 1.29 is 28.5 Å². The van der Waals surface area contributed by atoms with E-state index in [0.717, 1.165) is 75.7 Å². The Morgan fingerprint density at radius 2 is 0.931 bits per heavy atom. The zero-order chi connectivity index (χ0) is 21.7. The van der Waals surface area contributed by atoms with E-state index in [4.69, 9.17) is 18.9 Å². The topological polar surface area (TPSA) is 71.1 Å². The Morgan fingerprint density at radius 3 is 1.28 bits per heavy atom. The standard InChI is InChI=1S/C23H40O6/c1-20(2)18-26-13-9-5-7-11-15-28-22(24)17-23(25)29-16-12-8-6-10-14-27-19-21(3)4/h1,3,5-19H2,2,4H3. The van der Waals surface area contributed by atoms with Crippen molar-refractivity contribution in [1.29, 1.82) is 0 Å². The molecule has 0 spiro atoms. The van der Waals surface area contributed by atoms with E-state index in [1.807, 2.05) is 13.8 Å². The van der Waals surface area contributed by atoms with Crippen LogP contribution in [0.3, 0.4) is 0 Å². The minimum Gasteiger partial charge on any atom is -0.465 e. The minimum atomic E-state index is -0.519. The van der Waals surface area contributed by atoms with Crippen LogP contribution in [0.25, 0.3) is 0 Å². The number of hydrogen-bond acceptors (Lipinski definition) is 6. The van der Waals surface area contributed by atoms with E-state index in [9.17, 15) is 9.59 Å². The van der Waals surface area contributed by atoms with Crippen molar-refractivity contribution in [3.63, 3.8) is 0 Å². The first kappa shape index (κ1) is 27.3. The van der Waals surface area contributed by atoms with E-state index < -0.39 is 11.9 Å². The zero-order valence-corrected chi connectivity index (χ0v) is 18.5. The molecule has 0 bridgehead atoms. The van der Waals surface area contributed by atoms with Crippen LogP contribution in [0.2, 0.25) is 0 Å². The number of rotatable bonds is 20. The first-order chi connectivity index (χ1) is 13.9. The van der Waals surface area contributed by atoms with Gasteiger partial charge < -0.3 is 18.9 Å². The predicted molar refractivity (Wildman–Crippen MR) is 115 cm³/mol. The van der Waals surface area contributed by atoms with E-state index in [1.165, 1.54) is 0 Å². The smallest absolute Gasteiger partial charge is 0.317 e. The quantitative estimate of drug-likeness (QED) is 0.124. The third-order valence-corrected chi connectivity index (χ3v) is 3.88. The van der Waals surface area contributed by atoms with Gasteiger partial charge in [-0.2, -0.15) is 0 Å². The minimum absolute atomic E-state index is 0.316. The monoisotopic (exact) mass is 412 g/mol. The molecular formula is C23H40O6. The molecule has 0 aromatic rings. The highest BCUT2D eigenvalue weighted by atomic mass is 16.6. The van der Waals surface area contributed by atoms with Crippen molar-refractivity contribution in [1.82, 2.24) is 0 Å². The summed E-state index contributed by atoms with van der Waals surface area (Å²) in [6, 6.07) is 0. The molecule has 0 aromatic heterocycles. The van der Waals surface area contributed by atoms with Crippen molar-refractivity contribution in [3.8, 4) is 0 Å². The van der Waals surface area contributed by atoms with Gasteiger partial charge in [0.05, 0.1) is 26.4 Å². The van der Waals surface area contributed by atoms with Gasteiger partial charge in [-0.25, -0.2) is 0 Å². The number of unbranched alkanes of at least 4 members (excludes halogenated alkanes) is 6. The first-order valence-corrected chi connectivity index (χ1v) is 10.7. The normalized spacial score (nSPS) is 10.6. The largest absolute Gasteiger partial charge is 0.465 e. The van der Waals surface area contributed by atoms with E-state index in [1.54, 1.807) is 0 Å². The lowest BCUT2D eigenvalue weighted by Gasteiger charge is -2.07. The van der Waals surface area contributed by atoms with Gasteiger partial charge in [0.25, 0.3) is 0 Å². The molecule has 6 heteroatoms. The van der Waals surface area contributed by atoms with Gasteiger partial charge in [0.1, 0.15) is 6.42 Å². The van der Waals surface area contributed by atoms with Gasteiger partial charge in [0, 0.05) is 13.2 Å². The van der Waals surface area contributed by atoms with Crippen molar-refractivity contribution in [2.24, 2.45) is 0 Å². The predicted octanol–water partition coefficient (Wildman–Crippen LogP) is 4.77. The number of carbonyl (C=O) groups is 2. The highest BCUT2D eigenvalue weighted by Gasteiger charge is 2.11. The SMILES string of the molecule is C=C(C)COCCCCCCOC(=O)CC(=O)OCCCCCCOCC(=C)C. The molecule has 0 amide bonds. The molecule has 0 saturated carbocycles. The van der Waals surface area contributed by atoms with Gasteiger partial charge >= 0.3 is 11.9 Å². The molecule has 0 aliphatic heterocycles. The molecule has 0 aliphatic rings. The van der Waals surface area contributed by atoms with Gasteiger partial charge in [0.2, 0.25) is 0 Å². The van der Waals surface area contributed by atoms with Crippen LogP contribution in [-0.2, 0) is 28.5 Å². The highest BCUT2D eigenvalue weighted by molar-refractivity contribution is 5.91. The second-order valence-electron chi connectivity index (χ2n) is 7.47. The van der Waals surface area contributed by atoms with Crippen molar-refractivity contribution in [2.45, 2.75) is 71.6 Å². The summed E-state index contributed by atoms with van der Waals surface area (Å²) in [7, 11) is 0. The highest BCUT2D eigenvalue weighted by Crippen LogP contribution is 2.04. The van der Waals surface area contributed by atoms with E-state index in [-0.39, 0.29) is 6.42 Å². The van der Waals surface area contributed by atoms with E-state index in [0.29, 0.717) is 26.4 Å². The van der Waals surface area contributed by atoms with Gasteiger partial charge in [-0.3, -0.25) is 9.59 Å². The summed E-state index contributed by atoms with van der Waals surface area (Å²) in [5, 5.41) is 0. The zero-order valence-electron chi connectivity index (χ0n) is 18.5. The number of hydrogen-bond donors (Lipinski definition) is 0. The Bertz CT molecular complexity index is 430. The maximum absolute atomic E-state index is 11.6. The summed E-state index contributed by atoms with van der Waals surface area (Å²) in [6.45, 7) is 14.8. The van der Waals surface area contributed by atoms with Crippen molar-refractivity contribution in [3.05, 3.63) is 24.3 Å². The van der Waals surface area contributed by atoms with Crippen LogP contribution in [0.4, 0.5) is 0 Å². The molecule has 29 heavy (non-hydrogen) atoms. The van der Waals surface area contributed by atoms with Crippen LogP contribution in [0, 0.1) is 0 Å². The molecule has 168 valence electrons. The second-order valence-corrected chi connectivity index (χ2v) is 7.47. The van der Waals surface area contributed by atoms with Gasteiger partial charge in [-0.15, -0.1) is 0 Å². The lowest BCUT2D eigenvalue weighted by Crippen LogP contribution is -2.15. The lowest BCUT2D eigenvalue weighted by atomic mass is 10.2. The molecule has 0 unspecified atom stereocenters. The summed E-state index contributed by atoms with van der Waals surface area (Å²) in [5.74, 6) is -1.04. The molecule has 0 aromatic carbocycles. The number of esters is 2. The van der Waals surface area contributed by atoms with Crippen LogP contribution in [-0.4, -0.2) is 51.6 Å². The van der Waals surface area contributed by atoms with Crippen LogP contribution in [0.15, 0.2) is 24.3 Å². The molecular weight excluding hydrogens is 372 g/mol. The van der Waals surface area contributed by atoms with Crippen LogP contribution in [0.1, 0.15) is 71.6 Å². The lowest BCUT2D eigenvalue weighted by molar-refractivity contribution is -0.154.